The zero-order chi connectivity index (χ0) is 13.7. The van der Waals surface area contributed by atoms with Crippen LogP contribution in [0.1, 0.15) is 18.9 Å². The van der Waals surface area contributed by atoms with E-state index in [0.717, 1.165) is 31.7 Å². The average Bonchev–Trinajstić information content (AvgIpc) is 2.48. The Morgan fingerprint density at radius 3 is 2.37 bits per heavy atom. The van der Waals surface area contributed by atoms with Crippen LogP contribution in [0.4, 0.5) is 5.69 Å². The SMILES string of the molecule is CCCN1CCN(c2ccc(/C(N)=N/O)cc2)CC1. The third kappa shape index (κ3) is 3.38. The van der Waals surface area contributed by atoms with Crippen LogP contribution in [0.5, 0.6) is 0 Å². The van der Waals surface area contributed by atoms with Gasteiger partial charge in [-0.25, -0.2) is 0 Å². The van der Waals surface area contributed by atoms with Crippen LogP contribution in [-0.4, -0.2) is 48.7 Å². The summed E-state index contributed by atoms with van der Waals surface area (Å²) in [5.74, 6) is 0.152. The van der Waals surface area contributed by atoms with Crippen molar-refractivity contribution in [1.82, 2.24) is 4.90 Å². The van der Waals surface area contributed by atoms with Crippen molar-refractivity contribution >= 4 is 11.5 Å². The lowest BCUT2D eigenvalue weighted by molar-refractivity contribution is 0.258. The molecule has 1 fully saturated rings. The van der Waals surface area contributed by atoms with E-state index in [0.29, 0.717) is 0 Å². The fraction of sp³-hybridized carbons (Fsp3) is 0.500. The Bertz CT molecular complexity index is 422. The monoisotopic (exact) mass is 262 g/mol. The largest absolute Gasteiger partial charge is 0.409 e. The normalized spacial score (nSPS) is 17.7. The molecule has 19 heavy (non-hydrogen) atoms. The minimum absolute atomic E-state index is 0.152. The minimum Gasteiger partial charge on any atom is -0.409 e. The summed E-state index contributed by atoms with van der Waals surface area (Å²) < 4.78 is 0. The Balaban J connectivity index is 1.96. The summed E-state index contributed by atoms with van der Waals surface area (Å²) in [6, 6.07) is 7.84. The van der Waals surface area contributed by atoms with E-state index >= 15 is 0 Å². The van der Waals surface area contributed by atoms with E-state index in [4.69, 9.17) is 10.9 Å². The summed E-state index contributed by atoms with van der Waals surface area (Å²) in [5, 5.41) is 11.6. The lowest BCUT2D eigenvalue weighted by atomic mass is 10.1. The van der Waals surface area contributed by atoms with Gasteiger partial charge in [-0.05, 0) is 37.2 Å². The first-order valence-electron chi connectivity index (χ1n) is 6.80. The molecule has 0 aromatic heterocycles. The fourth-order valence-electron chi connectivity index (χ4n) is 2.45. The van der Waals surface area contributed by atoms with Gasteiger partial charge < -0.3 is 15.8 Å². The van der Waals surface area contributed by atoms with E-state index in [1.807, 2.05) is 24.3 Å². The van der Waals surface area contributed by atoms with Gasteiger partial charge in [0.1, 0.15) is 0 Å². The second-order valence-corrected chi connectivity index (χ2v) is 4.86. The molecule has 1 aromatic rings. The van der Waals surface area contributed by atoms with Gasteiger partial charge in [-0.3, -0.25) is 4.90 Å². The van der Waals surface area contributed by atoms with Gasteiger partial charge in [0.05, 0.1) is 0 Å². The standard InChI is InChI=1S/C14H22N4O/c1-2-7-17-8-10-18(11-9-17)13-5-3-12(4-6-13)14(15)16-19/h3-6,19H,2,7-11H2,1H3,(H2,15,16). The number of oxime groups is 1. The van der Waals surface area contributed by atoms with Crippen molar-refractivity contribution < 1.29 is 5.21 Å². The first-order valence-corrected chi connectivity index (χ1v) is 6.80. The molecule has 3 N–H and O–H groups in total. The summed E-state index contributed by atoms with van der Waals surface area (Å²) in [7, 11) is 0. The van der Waals surface area contributed by atoms with Crippen molar-refractivity contribution in [2.45, 2.75) is 13.3 Å². The van der Waals surface area contributed by atoms with E-state index in [2.05, 4.69) is 21.9 Å². The Hall–Kier alpha value is -1.75. The van der Waals surface area contributed by atoms with E-state index < -0.39 is 0 Å². The summed E-state index contributed by atoms with van der Waals surface area (Å²) in [4.78, 5) is 4.88. The molecule has 2 rings (SSSR count). The quantitative estimate of drug-likeness (QED) is 0.372. The Kier molecular flexibility index (Phi) is 4.63. The molecule has 0 aliphatic carbocycles. The highest BCUT2D eigenvalue weighted by atomic mass is 16.4. The molecule has 0 atom stereocenters. The number of hydrogen-bond donors (Lipinski definition) is 2. The zero-order valence-electron chi connectivity index (χ0n) is 11.4. The molecule has 5 nitrogen and oxygen atoms in total. The minimum atomic E-state index is 0.152. The van der Waals surface area contributed by atoms with Gasteiger partial charge in [0.2, 0.25) is 0 Å². The van der Waals surface area contributed by atoms with Gasteiger partial charge in [0.25, 0.3) is 0 Å². The Morgan fingerprint density at radius 2 is 1.84 bits per heavy atom. The van der Waals surface area contributed by atoms with E-state index in [-0.39, 0.29) is 5.84 Å². The molecule has 0 radical (unpaired) electrons. The molecule has 1 heterocycles. The van der Waals surface area contributed by atoms with Gasteiger partial charge in [-0.15, -0.1) is 0 Å². The zero-order valence-corrected chi connectivity index (χ0v) is 11.4. The lowest BCUT2D eigenvalue weighted by Crippen LogP contribution is -2.46. The molecule has 0 spiro atoms. The van der Waals surface area contributed by atoms with E-state index in [9.17, 15) is 0 Å². The third-order valence-electron chi connectivity index (χ3n) is 3.55. The average molecular weight is 262 g/mol. The number of benzene rings is 1. The number of anilines is 1. The second kappa shape index (κ2) is 6.43. The van der Waals surface area contributed by atoms with Crippen LogP contribution in [-0.2, 0) is 0 Å². The molecular weight excluding hydrogens is 240 g/mol. The topological polar surface area (TPSA) is 65.1 Å². The van der Waals surface area contributed by atoms with Crippen LogP contribution in [0, 0.1) is 0 Å². The smallest absolute Gasteiger partial charge is 0.170 e. The maximum atomic E-state index is 8.63. The summed E-state index contributed by atoms with van der Waals surface area (Å²) in [5.41, 5.74) is 7.50. The number of nitrogens with zero attached hydrogens (tertiary/aromatic N) is 3. The van der Waals surface area contributed by atoms with Gasteiger partial charge in [0.15, 0.2) is 5.84 Å². The van der Waals surface area contributed by atoms with Gasteiger partial charge >= 0.3 is 0 Å². The van der Waals surface area contributed by atoms with Crippen molar-refractivity contribution in [3.63, 3.8) is 0 Å². The lowest BCUT2D eigenvalue weighted by Gasteiger charge is -2.36. The third-order valence-corrected chi connectivity index (χ3v) is 3.55. The number of hydrogen-bond acceptors (Lipinski definition) is 4. The van der Waals surface area contributed by atoms with Crippen molar-refractivity contribution in [2.24, 2.45) is 10.9 Å². The van der Waals surface area contributed by atoms with Gasteiger partial charge in [0, 0.05) is 37.4 Å². The number of amidine groups is 1. The molecule has 104 valence electrons. The highest BCUT2D eigenvalue weighted by Crippen LogP contribution is 2.17. The molecule has 1 aliphatic rings. The van der Waals surface area contributed by atoms with Gasteiger partial charge in [-0.2, -0.15) is 0 Å². The summed E-state index contributed by atoms with van der Waals surface area (Å²) >= 11 is 0. The molecule has 1 aliphatic heterocycles. The molecule has 0 amide bonds. The number of piperazine rings is 1. The summed E-state index contributed by atoms with van der Waals surface area (Å²) in [6.07, 6.45) is 1.22. The molecule has 5 heteroatoms. The molecule has 0 unspecified atom stereocenters. The molecule has 0 saturated carbocycles. The van der Waals surface area contributed by atoms with Crippen LogP contribution in [0.2, 0.25) is 0 Å². The maximum Gasteiger partial charge on any atom is 0.170 e. The number of nitrogens with two attached hydrogens (primary N) is 1. The van der Waals surface area contributed by atoms with Crippen LogP contribution in [0.15, 0.2) is 29.4 Å². The van der Waals surface area contributed by atoms with Crippen molar-refractivity contribution in [3.05, 3.63) is 29.8 Å². The molecule has 0 bridgehead atoms. The van der Waals surface area contributed by atoms with Crippen molar-refractivity contribution in [3.8, 4) is 0 Å². The van der Waals surface area contributed by atoms with Crippen molar-refractivity contribution in [1.29, 1.82) is 0 Å². The van der Waals surface area contributed by atoms with E-state index in [1.54, 1.807) is 0 Å². The van der Waals surface area contributed by atoms with Gasteiger partial charge in [-0.1, -0.05) is 12.1 Å². The Morgan fingerprint density at radius 1 is 1.21 bits per heavy atom. The van der Waals surface area contributed by atoms with Crippen molar-refractivity contribution in [2.75, 3.05) is 37.6 Å². The van der Waals surface area contributed by atoms with Crippen LogP contribution >= 0.6 is 0 Å². The number of rotatable bonds is 4. The predicted molar refractivity (Wildman–Crippen MR) is 77.9 cm³/mol. The highest BCUT2D eigenvalue weighted by molar-refractivity contribution is 5.97. The fourth-order valence-corrected chi connectivity index (χ4v) is 2.45. The molecular formula is C14H22N4O. The maximum absolute atomic E-state index is 8.63. The summed E-state index contributed by atoms with van der Waals surface area (Å²) in [6.45, 7) is 7.77. The second-order valence-electron chi connectivity index (χ2n) is 4.86. The van der Waals surface area contributed by atoms with Crippen LogP contribution < -0.4 is 10.6 Å². The van der Waals surface area contributed by atoms with Crippen LogP contribution in [0.25, 0.3) is 0 Å². The van der Waals surface area contributed by atoms with E-state index in [1.165, 1.54) is 18.7 Å². The molecule has 1 aromatic carbocycles. The molecule has 1 saturated heterocycles. The first kappa shape index (κ1) is 13.7. The highest BCUT2D eigenvalue weighted by Gasteiger charge is 2.16. The predicted octanol–water partition coefficient (Wildman–Crippen LogP) is 1.31. The first-order chi connectivity index (χ1) is 9.24. The van der Waals surface area contributed by atoms with Crippen LogP contribution in [0.3, 0.4) is 0 Å². The Labute approximate surface area is 114 Å².